The van der Waals surface area contributed by atoms with Crippen molar-refractivity contribution in [3.63, 3.8) is 0 Å². The molecular formula is C20H30O3. The zero-order valence-corrected chi connectivity index (χ0v) is 14.7. The van der Waals surface area contributed by atoms with E-state index in [1.807, 2.05) is 19.9 Å². The van der Waals surface area contributed by atoms with Gasteiger partial charge in [-0.2, -0.15) is 0 Å². The van der Waals surface area contributed by atoms with Crippen molar-refractivity contribution in [1.82, 2.24) is 0 Å². The van der Waals surface area contributed by atoms with Crippen LogP contribution in [0.25, 0.3) is 0 Å². The molecule has 3 heteroatoms. The number of hydrogen-bond acceptors (Lipinski definition) is 3. The molecule has 3 nitrogen and oxygen atoms in total. The Kier molecular flexibility index (Phi) is 6.23. The van der Waals surface area contributed by atoms with Crippen LogP contribution in [0.4, 0.5) is 0 Å². The molecule has 0 saturated heterocycles. The fraction of sp³-hybridized carbons (Fsp3) is 0.650. The highest BCUT2D eigenvalue weighted by atomic mass is 16.5. The monoisotopic (exact) mass is 318 g/mol. The van der Waals surface area contributed by atoms with Crippen molar-refractivity contribution in [1.29, 1.82) is 0 Å². The molecule has 0 aromatic carbocycles. The first kappa shape index (κ1) is 18.0. The number of allylic oxidation sites excluding steroid dienone is 4. The lowest BCUT2D eigenvalue weighted by molar-refractivity contribution is -0.158. The van der Waals surface area contributed by atoms with E-state index in [1.54, 1.807) is 0 Å². The number of ether oxygens (including phenoxy) is 1. The molecule has 0 aliphatic heterocycles. The summed E-state index contributed by atoms with van der Waals surface area (Å²) in [5.74, 6) is 0.622. The van der Waals surface area contributed by atoms with Crippen LogP contribution in [0, 0.1) is 23.7 Å². The van der Waals surface area contributed by atoms with Crippen molar-refractivity contribution >= 4 is 5.97 Å². The quantitative estimate of drug-likeness (QED) is 0.615. The molecule has 6 atom stereocenters. The molecule has 0 saturated carbocycles. The second-order valence-corrected chi connectivity index (χ2v) is 6.91. The smallest absolute Gasteiger partial charge is 0.308 e. The Labute approximate surface area is 140 Å². The molecule has 0 aromatic heterocycles. The minimum Gasteiger partial charge on any atom is -0.461 e. The van der Waals surface area contributed by atoms with Gasteiger partial charge < -0.3 is 9.84 Å². The molecule has 1 N–H and O–H groups in total. The number of hydrogen-bond donors (Lipinski definition) is 1. The molecule has 0 heterocycles. The van der Waals surface area contributed by atoms with Crippen LogP contribution in [0.15, 0.2) is 36.0 Å². The largest absolute Gasteiger partial charge is 0.461 e. The number of fused-ring (bicyclic) bond motifs is 1. The molecule has 0 aromatic rings. The highest BCUT2D eigenvalue weighted by molar-refractivity contribution is 5.72. The minimum absolute atomic E-state index is 0.0947. The van der Waals surface area contributed by atoms with Crippen LogP contribution in [0.1, 0.15) is 47.0 Å². The van der Waals surface area contributed by atoms with E-state index in [0.717, 1.165) is 18.4 Å². The summed E-state index contributed by atoms with van der Waals surface area (Å²) in [6, 6.07) is 0. The first-order valence-corrected chi connectivity index (χ1v) is 8.93. The van der Waals surface area contributed by atoms with Crippen molar-refractivity contribution in [2.45, 2.75) is 59.2 Å². The Morgan fingerprint density at radius 2 is 2.22 bits per heavy atom. The van der Waals surface area contributed by atoms with Gasteiger partial charge in [0.25, 0.3) is 0 Å². The molecule has 0 fully saturated rings. The predicted molar refractivity (Wildman–Crippen MR) is 92.8 cm³/mol. The minimum atomic E-state index is -0.537. The van der Waals surface area contributed by atoms with Crippen LogP contribution in [0.3, 0.4) is 0 Å². The van der Waals surface area contributed by atoms with E-state index >= 15 is 0 Å². The third kappa shape index (κ3) is 4.14. The lowest BCUT2D eigenvalue weighted by atomic mass is 9.68. The van der Waals surface area contributed by atoms with Crippen LogP contribution in [-0.4, -0.2) is 23.3 Å². The summed E-state index contributed by atoms with van der Waals surface area (Å²) < 4.78 is 5.83. The zero-order valence-electron chi connectivity index (χ0n) is 14.7. The van der Waals surface area contributed by atoms with Gasteiger partial charge in [-0.15, -0.1) is 0 Å². The molecule has 0 unspecified atom stereocenters. The molecule has 2 aliphatic carbocycles. The summed E-state index contributed by atoms with van der Waals surface area (Å²) in [7, 11) is 0. The molecule has 128 valence electrons. The fourth-order valence-electron chi connectivity index (χ4n) is 3.50. The summed E-state index contributed by atoms with van der Waals surface area (Å²) in [6.45, 7) is 8.22. The Bertz CT molecular complexity index is 503. The standard InChI is InChI=1S/C20H30O3/c1-5-7-8-17-14(4)9-10-15-11-16(21)12-18(19(15)17)23-20(22)13(3)6-2/h7-11,13-14,16-19,21H,5-6,12H2,1-4H3/b8-7+/t13-,14-,16+,17-,18-,19-/m0/s1. The predicted octanol–water partition coefficient (Wildman–Crippen LogP) is 4.04. The first-order valence-electron chi connectivity index (χ1n) is 8.93. The van der Waals surface area contributed by atoms with Crippen LogP contribution in [0.2, 0.25) is 0 Å². The van der Waals surface area contributed by atoms with E-state index in [0.29, 0.717) is 18.3 Å². The number of aliphatic hydroxyl groups excluding tert-OH is 1. The van der Waals surface area contributed by atoms with Crippen LogP contribution in [-0.2, 0) is 9.53 Å². The Morgan fingerprint density at radius 1 is 1.48 bits per heavy atom. The van der Waals surface area contributed by atoms with Crippen molar-refractivity contribution in [3.05, 3.63) is 36.0 Å². The highest BCUT2D eigenvalue weighted by Gasteiger charge is 2.41. The van der Waals surface area contributed by atoms with Gasteiger partial charge in [-0.3, -0.25) is 4.79 Å². The lowest BCUT2D eigenvalue weighted by Crippen LogP contribution is -2.42. The summed E-state index contributed by atoms with van der Waals surface area (Å²) in [4.78, 5) is 12.3. The Balaban J connectivity index is 2.27. The van der Waals surface area contributed by atoms with Gasteiger partial charge in [0.2, 0.25) is 0 Å². The van der Waals surface area contributed by atoms with Crippen LogP contribution < -0.4 is 0 Å². The van der Waals surface area contributed by atoms with E-state index in [9.17, 15) is 9.90 Å². The number of esters is 1. The number of aliphatic hydroxyl groups is 1. The number of carbonyl (C=O) groups excluding carboxylic acids is 1. The summed E-state index contributed by atoms with van der Waals surface area (Å²) >= 11 is 0. The molecule has 2 rings (SSSR count). The third-order valence-corrected chi connectivity index (χ3v) is 5.13. The number of carbonyl (C=O) groups is 1. The molecule has 2 aliphatic rings. The van der Waals surface area contributed by atoms with E-state index in [2.05, 4.69) is 38.2 Å². The van der Waals surface area contributed by atoms with Crippen LogP contribution >= 0.6 is 0 Å². The van der Waals surface area contributed by atoms with E-state index in [-0.39, 0.29) is 23.9 Å². The van der Waals surface area contributed by atoms with Crippen LogP contribution in [0.5, 0.6) is 0 Å². The van der Waals surface area contributed by atoms with Gasteiger partial charge in [0.15, 0.2) is 0 Å². The summed E-state index contributed by atoms with van der Waals surface area (Å²) in [6.07, 6.45) is 12.1. The SMILES string of the molecule is CC/C=C/[C@@H]1[C@@H]2C(=C[C@@H](O)C[C@@H]2OC(=O)[C@@H](C)CC)C=C[C@@H]1C. The Morgan fingerprint density at radius 3 is 2.87 bits per heavy atom. The van der Waals surface area contributed by atoms with E-state index in [1.165, 1.54) is 0 Å². The molecule has 23 heavy (non-hydrogen) atoms. The van der Waals surface area contributed by atoms with Gasteiger partial charge in [-0.1, -0.05) is 58.1 Å². The maximum atomic E-state index is 12.3. The van der Waals surface area contributed by atoms with Crippen molar-refractivity contribution < 1.29 is 14.6 Å². The van der Waals surface area contributed by atoms with Gasteiger partial charge in [0.1, 0.15) is 6.10 Å². The molecule has 0 amide bonds. The lowest BCUT2D eigenvalue weighted by Gasteiger charge is -2.41. The maximum Gasteiger partial charge on any atom is 0.308 e. The molecule has 0 spiro atoms. The van der Waals surface area contributed by atoms with E-state index in [4.69, 9.17) is 4.74 Å². The second kappa shape index (κ2) is 7.96. The summed E-state index contributed by atoms with van der Waals surface area (Å²) in [5.41, 5.74) is 1.11. The second-order valence-electron chi connectivity index (χ2n) is 6.91. The average Bonchev–Trinajstić information content (AvgIpc) is 2.53. The van der Waals surface area contributed by atoms with Crippen molar-refractivity contribution in [2.24, 2.45) is 23.7 Å². The fourth-order valence-corrected chi connectivity index (χ4v) is 3.50. The Hall–Kier alpha value is -1.35. The van der Waals surface area contributed by atoms with Gasteiger partial charge in [-0.05, 0) is 30.3 Å². The zero-order chi connectivity index (χ0) is 17.0. The van der Waals surface area contributed by atoms with Gasteiger partial charge in [0.05, 0.1) is 12.0 Å². The maximum absolute atomic E-state index is 12.3. The van der Waals surface area contributed by atoms with Gasteiger partial charge >= 0.3 is 5.97 Å². The van der Waals surface area contributed by atoms with Gasteiger partial charge in [-0.25, -0.2) is 0 Å². The normalized spacial score (nSPS) is 34.8. The number of rotatable bonds is 5. The summed E-state index contributed by atoms with van der Waals surface area (Å²) in [5, 5.41) is 10.1. The molecule has 0 bridgehead atoms. The molecular weight excluding hydrogens is 288 g/mol. The van der Waals surface area contributed by atoms with Crippen molar-refractivity contribution in [3.8, 4) is 0 Å². The first-order chi connectivity index (χ1) is 11.0. The third-order valence-electron chi connectivity index (χ3n) is 5.13. The van der Waals surface area contributed by atoms with Crippen molar-refractivity contribution in [2.75, 3.05) is 0 Å². The molecule has 0 radical (unpaired) electrons. The average molecular weight is 318 g/mol. The van der Waals surface area contributed by atoms with E-state index < -0.39 is 6.10 Å². The highest BCUT2D eigenvalue weighted by Crippen LogP contribution is 2.42. The van der Waals surface area contributed by atoms with Gasteiger partial charge in [0, 0.05) is 12.3 Å². The topological polar surface area (TPSA) is 46.5 Å².